The smallest absolute Gasteiger partial charge is 0.223 e. The van der Waals surface area contributed by atoms with Gasteiger partial charge in [-0.25, -0.2) is 9.97 Å². The van der Waals surface area contributed by atoms with Crippen LogP contribution in [0.5, 0.6) is 5.75 Å². The number of aromatic nitrogens is 4. The normalized spacial score (nSPS) is 10.5. The maximum absolute atomic E-state index is 9.95. The van der Waals surface area contributed by atoms with E-state index in [1.807, 2.05) is 19.1 Å². The van der Waals surface area contributed by atoms with Gasteiger partial charge >= 0.3 is 0 Å². The van der Waals surface area contributed by atoms with E-state index in [9.17, 15) is 5.11 Å². The van der Waals surface area contributed by atoms with Crippen molar-refractivity contribution >= 4 is 5.95 Å². The highest BCUT2D eigenvalue weighted by atomic mass is 16.3. The van der Waals surface area contributed by atoms with E-state index in [0.29, 0.717) is 17.3 Å². The SMILES string of the molecule is CCCNc1nccc(-c2cn(CC#N)nc2-c2cc(C)cc(O)c2)n1. The van der Waals surface area contributed by atoms with Crippen LogP contribution in [0.15, 0.2) is 36.7 Å². The molecule has 0 radical (unpaired) electrons. The Balaban J connectivity index is 2.10. The first-order valence-electron chi connectivity index (χ1n) is 8.43. The maximum Gasteiger partial charge on any atom is 0.223 e. The molecule has 0 unspecified atom stereocenters. The number of phenolic OH excluding ortho intramolecular Hbond substituents is 1. The zero-order chi connectivity index (χ0) is 18.5. The molecule has 2 N–H and O–H groups in total. The monoisotopic (exact) mass is 348 g/mol. The molecular formula is C19H20N6O. The van der Waals surface area contributed by atoms with E-state index in [0.717, 1.165) is 29.7 Å². The average molecular weight is 348 g/mol. The van der Waals surface area contributed by atoms with Crippen molar-refractivity contribution in [3.8, 4) is 34.3 Å². The molecule has 7 heteroatoms. The highest BCUT2D eigenvalue weighted by molar-refractivity contribution is 5.79. The molecule has 7 nitrogen and oxygen atoms in total. The second kappa shape index (κ2) is 7.66. The van der Waals surface area contributed by atoms with E-state index in [2.05, 4.69) is 33.4 Å². The molecule has 3 aromatic rings. The van der Waals surface area contributed by atoms with Crippen LogP contribution in [0.25, 0.3) is 22.5 Å². The number of hydrogen-bond acceptors (Lipinski definition) is 6. The molecule has 26 heavy (non-hydrogen) atoms. The Morgan fingerprint density at radius 1 is 1.31 bits per heavy atom. The van der Waals surface area contributed by atoms with Gasteiger partial charge in [0.05, 0.1) is 11.8 Å². The Morgan fingerprint density at radius 3 is 2.88 bits per heavy atom. The largest absolute Gasteiger partial charge is 0.508 e. The van der Waals surface area contributed by atoms with Crippen LogP contribution < -0.4 is 5.32 Å². The summed E-state index contributed by atoms with van der Waals surface area (Å²) in [7, 11) is 0. The van der Waals surface area contributed by atoms with Gasteiger partial charge in [0.1, 0.15) is 18.0 Å². The minimum absolute atomic E-state index is 0.136. The second-order valence-electron chi connectivity index (χ2n) is 6.00. The van der Waals surface area contributed by atoms with Crippen molar-refractivity contribution < 1.29 is 5.11 Å². The number of benzene rings is 1. The molecule has 0 saturated carbocycles. The summed E-state index contributed by atoms with van der Waals surface area (Å²) in [6, 6.07) is 9.20. The van der Waals surface area contributed by atoms with Gasteiger partial charge in [0.2, 0.25) is 5.95 Å². The van der Waals surface area contributed by atoms with Gasteiger partial charge in [0.15, 0.2) is 0 Å². The molecule has 0 saturated heterocycles. The molecule has 132 valence electrons. The van der Waals surface area contributed by atoms with Crippen LogP contribution >= 0.6 is 0 Å². The van der Waals surface area contributed by atoms with Gasteiger partial charge in [-0.2, -0.15) is 10.4 Å². The highest BCUT2D eigenvalue weighted by Crippen LogP contribution is 2.32. The summed E-state index contributed by atoms with van der Waals surface area (Å²) in [5.74, 6) is 0.726. The van der Waals surface area contributed by atoms with Gasteiger partial charge < -0.3 is 10.4 Å². The number of aromatic hydroxyl groups is 1. The topological polar surface area (TPSA) is 99.7 Å². The lowest BCUT2D eigenvalue weighted by Crippen LogP contribution is -2.04. The van der Waals surface area contributed by atoms with Gasteiger partial charge in [0.25, 0.3) is 0 Å². The van der Waals surface area contributed by atoms with Crippen molar-refractivity contribution in [2.45, 2.75) is 26.8 Å². The lowest BCUT2D eigenvalue weighted by molar-refractivity contribution is 0.475. The van der Waals surface area contributed by atoms with E-state index in [4.69, 9.17) is 5.26 Å². The zero-order valence-electron chi connectivity index (χ0n) is 14.8. The van der Waals surface area contributed by atoms with Crippen molar-refractivity contribution in [3.05, 3.63) is 42.2 Å². The Bertz CT molecular complexity index is 937. The number of nitrogens with zero attached hydrogens (tertiary/aromatic N) is 5. The summed E-state index contributed by atoms with van der Waals surface area (Å²) >= 11 is 0. The van der Waals surface area contributed by atoms with Crippen molar-refractivity contribution in [2.24, 2.45) is 0 Å². The van der Waals surface area contributed by atoms with Crippen LogP contribution in [0.1, 0.15) is 18.9 Å². The molecule has 1 aromatic carbocycles. The third kappa shape index (κ3) is 3.81. The molecule has 0 aliphatic heterocycles. The van der Waals surface area contributed by atoms with E-state index in [1.54, 1.807) is 29.2 Å². The minimum Gasteiger partial charge on any atom is -0.508 e. The van der Waals surface area contributed by atoms with Crippen LogP contribution in [0.3, 0.4) is 0 Å². The van der Waals surface area contributed by atoms with Crippen molar-refractivity contribution in [3.63, 3.8) is 0 Å². The fourth-order valence-electron chi connectivity index (χ4n) is 2.71. The summed E-state index contributed by atoms with van der Waals surface area (Å²) < 4.78 is 1.57. The Hall–Kier alpha value is -3.40. The van der Waals surface area contributed by atoms with Crippen LogP contribution in [-0.2, 0) is 6.54 Å². The molecule has 0 aliphatic carbocycles. The van der Waals surface area contributed by atoms with Crippen LogP contribution in [0, 0.1) is 18.3 Å². The number of nitriles is 1. The lowest BCUT2D eigenvalue weighted by atomic mass is 10.0. The number of rotatable bonds is 6. The van der Waals surface area contributed by atoms with Gasteiger partial charge in [-0.05, 0) is 43.2 Å². The predicted octanol–water partition coefficient (Wildman–Crippen LogP) is 3.37. The summed E-state index contributed by atoms with van der Waals surface area (Å²) in [5, 5.41) is 26.6. The molecule has 0 fully saturated rings. The van der Waals surface area contributed by atoms with E-state index >= 15 is 0 Å². The van der Waals surface area contributed by atoms with Crippen LogP contribution in [0.2, 0.25) is 0 Å². The van der Waals surface area contributed by atoms with E-state index in [1.165, 1.54) is 0 Å². The van der Waals surface area contributed by atoms with Gasteiger partial charge in [-0.15, -0.1) is 0 Å². The molecule has 0 amide bonds. The third-order valence-electron chi connectivity index (χ3n) is 3.79. The maximum atomic E-state index is 9.95. The molecule has 3 rings (SSSR count). The number of anilines is 1. The molecule has 0 atom stereocenters. The molecule has 2 aromatic heterocycles. The molecule has 0 bridgehead atoms. The number of hydrogen-bond donors (Lipinski definition) is 2. The standard InChI is InChI=1S/C19H20N6O/c1-3-6-21-19-22-7-4-17(23-19)16-12-25(8-5-20)24-18(16)14-9-13(2)10-15(26)11-14/h4,7,9-12,26H,3,6,8H2,1-2H3,(H,21,22,23). The molecule has 0 aliphatic rings. The van der Waals surface area contributed by atoms with Crippen molar-refractivity contribution in [1.29, 1.82) is 5.26 Å². The minimum atomic E-state index is 0.136. The van der Waals surface area contributed by atoms with Crippen molar-refractivity contribution in [1.82, 2.24) is 19.7 Å². The summed E-state index contributed by atoms with van der Waals surface area (Å²) in [5.41, 5.74) is 3.86. The van der Waals surface area contributed by atoms with Crippen molar-refractivity contribution in [2.75, 3.05) is 11.9 Å². The summed E-state index contributed by atoms with van der Waals surface area (Å²) in [4.78, 5) is 8.80. The zero-order valence-corrected chi connectivity index (χ0v) is 14.8. The van der Waals surface area contributed by atoms with E-state index in [-0.39, 0.29) is 12.3 Å². The second-order valence-corrected chi connectivity index (χ2v) is 6.00. The van der Waals surface area contributed by atoms with Gasteiger partial charge in [-0.3, -0.25) is 4.68 Å². The van der Waals surface area contributed by atoms with Gasteiger partial charge in [0, 0.05) is 30.1 Å². The quantitative estimate of drug-likeness (QED) is 0.708. The first-order chi connectivity index (χ1) is 12.6. The number of aryl methyl sites for hydroxylation is 1. The number of phenols is 1. The fraction of sp³-hybridized carbons (Fsp3) is 0.263. The molecular weight excluding hydrogens is 328 g/mol. The first kappa shape index (κ1) is 17.4. The Morgan fingerprint density at radius 2 is 2.15 bits per heavy atom. The lowest BCUT2D eigenvalue weighted by Gasteiger charge is -2.07. The Kier molecular flexibility index (Phi) is 5.13. The number of nitrogens with one attached hydrogen (secondary N) is 1. The van der Waals surface area contributed by atoms with Crippen LogP contribution in [-0.4, -0.2) is 31.4 Å². The molecule has 0 spiro atoms. The Labute approximate surface area is 152 Å². The van der Waals surface area contributed by atoms with Gasteiger partial charge in [-0.1, -0.05) is 6.92 Å². The van der Waals surface area contributed by atoms with E-state index < -0.39 is 0 Å². The fourth-order valence-corrected chi connectivity index (χ4v) is 2.71. The first-order valence-corrected chi connectivity index (χ1v) is 8.43. The summed E-state index contributed by atoms with van der Waals surface area (Å²) in [6.45, 7) is 4.91. The predicted molar refractivity (Wildman–Crippen MR) is 99.5 cm³/mol. The van der Waals surface area contributed by atoms with Crippen LogP contribution in [0.4, 0.5) is 5.95 Å². The third-order valence-corrected chi connectivity index (χ3v) is 3.79. The highest BCUT2D eigenvalue weighted by Gasteiger charge is 2.16. The average Bonchev–Trinajstić information content (AvgIpc) is 3.04. The summed E-state index contributed by atoms with van der Waals surface area (Å²) in [6.07, 6.45) is 4.46. The molecule has 2 heterocycles.